The van der Waals surface area contributed by atoms with Crippen LogP contribution < -0.4 is 10.2 Å². The lowest BCUT2D eigenvalue weighted by molar-refractivity contribution is -0.125. The second-order valence-electron chi connectivity index (χ2n) is 6.39. The van der Waals surface area contributed by atoms with Crippen molar-refractivity contribution in [1.29, 1.82) is 0 Å². The number of carbonyl (C=O) groups is 1. The topological polar surface area (TPSA) is 71.4 Å². The first-order valence-corrected chi connectivity index (χ1v) is 10.2. The van der Waals surface area contributed by atoms with Gasteiger partial charge in [0, 0.05) is 44.7 Å². The molecule has 1 aliphatic rings. The molecule has 0 saturated carbocycles. The number of aromatic nitrogens is 1. The molecule has 0 atom stereocenters. The van der Waals surface area contributed by atoms with Gasteiger partial charge in [0.25, 0.3) is 0 Å². The lowest BCUT2D eigenvalue weighted by Gasteiger charge is -2.34. The Morgan fingerprint density at radius 1 is 1.12 bits per heavy atom. The smallest absolute Gasteiger partial charge is 0.222 e. The quantitative estimate of drug-likeness (QED) is 0.902. The molecule has 0 radical (unpaired) electrons. The van der Waals surface area contributed by atoms with Crippen molar-refractivity contribution in [2.24, 2.45) is 5.92 Å². The van der Waals surface area contributed by atoms with Crippen molar-refractivity contribution in [3.05, 3.63) is 42.7 Å². The molecule has 3 rings (SSSR count). The summed E-state index contributed by atoms with van der Waals surface area (Å²) in [5.74, 6) is 0.143. The molecule has 2 aromatic rings. The SMILES string of the molecule is CNC(=O)C1CCN(c2ccc(S(C)(=O)=O)cc2-n2cccc2)CC1. The third-order valence-electron chi connectivity index (χ3n) is 4.71. The van der Waals surface area contributed by atoms with Gasteiger partial charge in [-0.2, -0.15) is 0 Å². The Balaban J connectivity index is 1.93. The monoisotopic (exact) mass is 361 g/mol. The zero-order valence-corrected chi connectivity index (χ0v) is 15.3. The minimum Gasteiger partial charge on any atom is -0.370 e. The number of benzene rings is 1. The molecule has 0 bridgehead atoms. The van der Waals surface area contributed by atoms with Crippen LogP contribution >= 0.6 is 0 Å². The predicted molar refractivity (Wildman–Crippen MR) is 97.9 cm³/mol. The summed E-state index contributed by atoms with van der Waals surface area (Å²) >= 11 is 0. The van der Waals surface area contributed by atoms with E-state index in [0.717, 1.165) is 37.3 Å². The fourth-order valence-corrected chi connectivity index (χ4v) is 3.93. The molecule has 1 aromatic heterocycles. The van der Waals surface area contributed by atoms with Gasteiger partial charge < -0.3 is 14.8 Å². The molecule has 6 nitrogen and oxygen atoms in total. The van der Waals surface area contributed by atoms with Gasteiger partial charge in [-0.15, -0.1) is 0 Å². The maximum absolute atomic E-state index is 11.9. The van der Waals surface area contributed by atoms with Crippen molar-refractivity contribution in [1.82, 2.24) is 9.88 Å². The van der Waals surface area contributed by atoms with Crippen LogP contribution in [0.15, 0.2) is 47.6 Å². The highest BCUT2D eigenvalue weighted by atomic mass is 32.2. The Bertz CT molecular complexity index is 852. The van der Waals surface area contributed by atoms with E-state index in [1.165, 1.54) is 6.26 Å². The van der Waals surface area contributed by atoms with Crippen LogP contribution in [0.25, 0.3) is 5.69 Å². The molecule has 1 aromatic carbocycles. The van der Waals surface area contributed by atoms with Crippen molar-refractivity contribution < 1.29 is 13.2 Å². The lowest BCUT2D eigenvalue weighted by atomic mass is 9.95. The molecule has 1 aliphatic heterocycles. The van der Waals surface area contributed by atoms with E-state index in [1.54, 1.807) is 19.2 Å². The first kappa shape index (κ1) is 17.5. The standard InChI is InChI=1S/C18H23N3O3S/c1-19-18(22)14-7-11-21(12-8-14)16-6-5-15(25(2,23)24)13-17(16)20-9-3-4-10-20/h3-6,9-10,13-14H,7-8,11-12H2,1-2H3,(H,19,22). The van der Waals surface area contributed by atoms with Crippen molar-refractivity contribution in [2.45, 2.75) is 17.7 Å². The van der Waals surface area contributed by atoms with Crippen molar-refractivity contribution in [3.63, 3.8) is 0 Å². The summed E-state index contributed by atoms with van der Waals surface area (Å²) in [5.41, 5.74) is 1.82. The van der Waals surface area contributed by atoms with Gasteiger partial charge in [-0.25, -0.2) is 8.42 Å². The zero-order chi connectivity index (χ0) is 18.0. The van der Waals surface area contributed by atoms with E-state index in [-0.39, 0.29) is 11.8 Å². The molecular formula is C18H23N3O3S. The van der Waals surface area contributed by atoms with E-state index in [9.17, 15) is 13.2 Å². The summed E-state index contributed by atoms with van der Waals surface area (Å²) in [6.07, 6.45) is 6.61. The number of anilines is 1. The average molecular weight is 361 g/mol. The highest BCUT2D eigenvalue weighted by Gasteiger charge is 2.26. The van der Waals surface area contributed by atoms with Crippen molar-refractivity contribution >= 4 is 21.4 Å². The van der Waals surface area contributed by atoms with Crippen LogP contribution in [-0.2, 0) is 14.6 Å². The van der Waals surface area contributed by atoms with Gasteiger partial charge in [-0.3, -0.25) is 4.79 Å². The van der Waals surface area contributed by atoms with E-state index >= 15 is 0 Å². The van der Waals surface area contributed by atoms with Crippen LogP contribution in [0.1, 0.15) is 12.8 Å². The summed E-state index contributed by atoms with van der Waals surface area (Å²) in [4.78, 5) is 14.3. The molecule has 1 saturated heterocycles. The van der Waals surface area contributed by atoms with Gasteiger partial charge in [-0.05, 0) is 43.2 Å². The lowest BCUT2D eigenvalue weighted by Crippen LogP contribution is -2.39. The first-order chi connectivity index (χ1) is 11.9. The second-order valence-corrected chi connectivity index (χ2v) is 8.40. The van der Waals surface area contributed by atoms with Gasteiger partial charge in [0.05, 0.1) is 16.3 Å². The number of nitrogens with zero attached hydrogens (tertiary/aromatic N) is 2. The maximum Gasteiger partial charge on any atom is 0.222 e. The van der Waals surface area contributed by atoms with Crippen molar-refractivity contribution in [3.8, 4) is 5.69 Å². The molecular weight excluding hydrogens is 338 g/mol. The fraction of sp³-hybridized carbons (Fsp3) is 0.389. The summed E-state index contributed by atoms with van der Waals surface area (Å²) < 4.78 is 25.8. The zero-order valence-electron chi connectivity index (χ0n) is 14.5. The Hall–Kier alpha value is -2.28. The van der Waals surface area contributed by atoms with Crippen LogP contribution in [0.3, 0.4) is 0 Å². The molecule has 2 heterocycles. The minimum atomic E-state index is -3.27. The fourth-order valence-electron chi connectivity index (χ4n) is 3.29. The highest BCUT2D eigenvalue weighted by molar-refractivity contribution is 7.90. The maximum atomic E-state index is 11.9. The Kier molecular flexibility index (Phi) is 4.85. The second kappa shape index (κ2) is 6.92. The van der Waals surface area contributed by atoms with E-state index in [1.807, 2.05) is 35.2 Å². The number of sulfone groups is 1. The summed E-state index contributed by atoms with van der Waals surface area (Å²) in [6, 6.07) is 9.06. The molecule has 1 N–H and O–H groups in total. The number of nitrogens with one attached hydrogen (secondary N) is 1. The van der Waals surface area contributed by atoms with Gasteiger partial charge in [0.2, 0.25) is 5.91 Å². The number of rotatable bonds is 4. The molecule has 25 heavy (non-hydrogen) atoms. The molecule has 1 fully saturated rings. The third-order valence-corrected chi connectivity index (χ3v) is 5.82. The van der Waals surface area contributed by atoms with Gasteiger partial charge in [-0.1, -0.05) is 0 Å². The van der Waals surface area contributed by atoms with Gasteiger partial charge in [0.15, 0.2) is 9.84 Å². The van der Waals surface area contributed by atoms with Crippen LogP contribution in [0.2, 0.25) is 0 Å². The number of amides is 1. The number of piperidine rings is 1. The van der Waals surface area contributed by atoms with E-state index < -0.39 is 9.84 Å². The van der Waals surface area contributed by atoms with Crippen LogP contribution in [-0.4, -0.2) is 45.3 Å². The van der Waals surface area contributed by atoms with Crippen molar-refractivity contribution in [2.75, 3.05) is 31.3 Å². The first-order valence-electron chi connectivity index (χ1n) is 8.34. The largest absolute Gasteiger partial charge is 0.370 e. The number of carbonyl (C=O) groups excluding carboxylic acids is 1. The summed E-state index contributed by atoms with van der Waals surface area (Å²) in [5, 5.41) is 2.72. The Morgan fingerprint density at radius 2 is 1.76 bits per heavy atom. The Labute approximate surface area is 148 Å². The predicted octanol–water partition coefficient (Wildman–Crippen LogP) is 1.84. The van der Waals surface area contributed by atoms with Crippen LogP contribution in [0, 0.1) is 5.92 Å². The number of hydrogen-bond acceptors (Lipinski definition) is 4. The Morgan fingerprint density at radius 3 is 2.32 bits per heavy atom. The number of hydrogen-bond donors (Lipinski definition) is 1. The van der Waals surface area contributed by atoms with Gasteiger partial charge >= 0.3 is 0 Å². The molecule has 0 spiro atoms. The molecule has 134 valence electrons. The molecule has 1 amide bonds. The summed E-state index contributed by atoms with van der Waals surface area (Å²) in [6.45, 7) is 1.54. The average Bonchev–Trinajstić information content (AvgIpc) is 3.14. The van der Waals surface area contributed by atoms with E-state index in [2.05, 4.69) is 10.2 Å². The van der Waals surface area contributed by atoms with E-state index in [4.69, 9.17) is 0 Å². The third kappa shape index (κ3) is 3.71. The summed E-state index contributed by atoms with van der Waals surface area (Å²) in [7, 11) is -1.60. The van der Waals surface area contributed by atoms with E-state index in [0.29, 0.717) is 4.90 Å². The molecule has 0 unspecified atom stereocenters. The highest BCUT2D eigenvalue weighted by Crippen LogP contribution is 2.31. The molecule has 7 heteroatoms. The van der Waals surface area contributed by atoms with Gasteiger partial charge in [0.1, 0.15) is 0 Å². The molecule has 0 aliphatic carbocycles. The van der Waals surface area contributed by atoms with Crippen LogP contribution in [0.5, 0.6) is 0 Å². The normalized spacial score (nSPS) is 16.0. The minimum absolute atomic E-state index is 0.0478. The van der Waals surface area contributed by atoms with Crippen LogP contribution in [0.4, 0.5) is 5.69 Å².